The number of hydrogen-bond acceptors (Lipinski definition) is 6. The first-order valence-corrected chi connectivity index (χ1v) is 2.53. The highest BCUT2D eigenvalue weighted by molar-refractivity contribution is 5.72. The molecule has 0 aliphatic carbocycles. The van der Waals surface area contributed by atoms with E-state index >= 15 is 0 Å². The van der Waals surface area contributed by atoms with Gasteiger partial charge >= 0.3 is 11.9 Å². The van der Waals surface area contributed by atoms with Crippen LogP contribution in [0.15, 0.2) is 0 Å². The molecule has 0 heterocycles. The van der Waals surface area contributed by atoms with E-state index in [2.05, 4.69) is 0 Å². The number of carbonyl (C=O) groups is 1. The molecule has 0 fully saturated rings. The molecule has 0 radical (unpaired) electrons. The topological polar surface area (TPSA) is 138 Å². The first-order valence-electron chi connectivity index (χ1n) is 2.53. The van der Waals surface area contributed by atoms with Crippen molar-refractivity contribution in [1.82, 2.24) is 0 Å². The lowest BCUT2D eigenvalue weighted by Crippen LogP contribution is -2.51. The first-order chi connectivity index (χ1) is 4.76. The van der Waals surface area contributed by atoms with Crippen molar-refractivity contribution in [1.29, 1.82) is 0 Å². The Labute approximate surface area is 60.8 Å². The van der Waals surface area contributed by atoms with Crippen molar-refractivity contribution < 1.29 is 35.4 Å². The van der Waals surface area contributed by atoms with E-state index in [1.807, 2.05) is 0 Å². The third-order valence-corrected chi connectivity index (χ3v) is 0.949. The van der Waals surface area contributed by atoms with Crippen molar-refractivity contribution in [3.05, 3.63) is 0 Å². The molecule has 0 rings (SSSR count). The van der Waals surface area contributed by atoms with E-state index in [1.165, 1.54) is 0 Å². The molecule has 0 amide bonds. The highest BCUT2D eigenvalue weighted by Gasteiger charge is 2.40. The molecule has 2 atom stereocenters. The van der Waals surface area contributed by atoms with Crippen LogP contribution in [0.1, 0.15) is 0 Å². The Kier molecular flexibility index (Phi) is 2.91. The Balaban J connectivity index is 4.25. The quantitative estimate of drug-likeness (QED) is 0.239. The van der Waals surface area contributed by atoms with E-state index in [-0.39, 0.29) is 0 Å². The monoisotopic (exact) mass is 168 g/mol. The maximum absolute atomic E-state index is 9.84. The zero-order valence-corrected chi connectivity index (χ0v) is 5.25. The summed E-state index contributed by atoms with van der Waals surface area (Å²) in [6.45, 7) is 0. The minimum atomic E-state index is -3.61. The molecule has 7 nitrogen and oxygen atoms in total. The fourth-order valence-electron chi connectivity index (χ4n) is 0.347. The summed E-state index contributed by atoms with van der Waals surface area (Å²) >= 11 is 0. The van der Waals surface area contributed by atoms with Gasteiger partial charge in [0.25, 0.3) is 0 Å². The van der Waals surface area contributed by atoms with Crippen molar-refractivity contribution in [2.45, 2.75) is 18.2 Å². The van der Waals surface area contributed by atoms with Crippen LogP contribution in [-0.2, 0) is 4.79 Å². The molecule has 2 unspecified atom stereocenters. The van der Waals surface area contributed by atoms with Crippen LogP contribution in [0.4, 0.5) is 0 Å². The lowest BCUT2D eigenvalue weighted by atomic mass is 10.2. The SMILES string of the molecule is O=C(O)C(O)C(O)C(O)(O)O. The summed E-state index contributed by atoms with van der Waals surface area (Å²) in [7, 11) is 0. The molecule has 0 aromatic rings. The molecule has 0 aliphatic rings. The van der Waals surface area contributed by atoms with Gasteiger partial charge in [-0.25, -0.2) is 4.79 Å². The molecule has 0 saturated heterocycles. The summed E-state index contributed by atoms with van der Waals surface area (Å²) in [5.41, 5.74) is 0. The standard InChI is InChI=1S/C4H8O7/c5-1(3(7)8)2(6)4(9,10)11/h1-2,5-6,9-11H,(H,7,8). The first kappa shape index (κ1) is 10.3. The van der Waals surface area contributed by atoms with Crippen LogP contribution in [-0.4, -0.2) is 54.8 Å². The average molecular weight is 168 g/mol. The van der Waals surface area contributed by atoms with Gasteiger partial charge in [0.1, 0.15) is 0 Å². The summed E-state index contributed by atoms with van der Waals surface area (Å²) in [6, 6.07) is 0. The van der Waals surface area contributed by atoms with Crippen LogP contribution in [0.3, 0.4) is 0 Å². The predicted molar refractivity (Wildman–Crippen MR) is 29.0 cm³/mol. The molecule has 0 aromatic heterocycles. The van der Waals surface area contributed by atoms with Crippen LogP contribution >= 0.6 is 0 Å². The second-order valence-corrected chi connectivity index (χ2v) is 1.92. The Bertz CT molecular complexity index is 147. The van der Waals surface area contributed by atoms with E-state index < -0.39 is 24.2 Å². The normalized spacial score (nSPS) is 17.5. The molecule has 0 bridgehead atoms. The highest BCUT2D eigenvalue weighted by Crippen LogP contribution is 2.06. The van der Waals surface area contributed by atoms with Crippen molar-refractivity contribution in [3.63, 3.8) is 0 Å². The van der Waals surface area contributed by atoms with Crippen LogP contribution < -0.4 is 0 Å². The van der Waals surface area contributed by atoms with E-state index in [9.17, 15) is 4.79 Å². The Morgan fingerprint density at radius 1 is 1.18 bits per heavy atom. The third-order valence-electron chi connectivity index (χ3n) is 0.949. The average Bonchev–Trinajstić information content (AvgIpc) is 1.82. The number of hydrogen-bond donors (Lipinski definition) is 6. The molecule has 7 heteroatoms. The second-order valence-electron chi connectivity index (χ2n) is 1.92. The minimum Gasteiger partial charge on any atom is -0.479 e. The molecule has 0 aliphatic heterocycles. The van der Waals surface area contributed by atoms with Gasteiger partial charge in [0, 0.05) is 0 Å². The number of aliphatic hydroxyl groups is 5. The molecule has 0 aromatic carbocycles. The summed E-state index contributed by atoms with van der Waals surface area (Å²) < 4.78 is 0. The lowest BCUT2D eigenvalue weighted by Gasteiger charge is -2.22. The van der Waals surface area contributed by atoms with Gasteiger partial charge in [0.2, 0.25) is 0 Å². The predicted octanol–water partition coefficient (Wildman–Crippen LogP) is -3.58. The molecular weight excluding hydrogens is 160 g/mol. The van der Waals surface area contributed by atoms with Gasteiger partial charge in [-0.2, -0.15) is 0 Å². The fraction of sp³-hybridized carbons (Fsp3) is 0.750. The van der Waals surface area contributed by atoms with Crippen molar-refractivity contribution in [2.75, 3.05) is 0 Å². The smallest absolute Gasteiger partial charge is 0.335 e. The maximum Gasteiger partial charge on any atom is 0.335 e. The number of carboxylic acids is 1. The minimum absolute atomic E-state index is 1.88. The van der Waals surface area contributed by atoms with Gasteiger partial charge in [0.15, 0.2) is 12.2 Å². The Morgan fingerprint density at radius 2 is 1.55 bits per heavy atom. The van der Waals surface area contributed by atoms with E-state index in [1.54, 1.807) is 0 Å². The lowest BCUT2D eigenvalue weighted by molar-refractivity contribution is -0.364. The van der Waals surface area contributed by atoms with E-state index in [4.69, 9.17) is 30.6 Å². The van der Waals surface area contributed by atoms with Gasteiger partial charge in [-0.05, 0) is 0 Å². The molecule has 6 N–H and O–H groups in total. The van der Waals surface area contributed by atoms with Gasteiger partial charge in [-0.1, -0.05) is 0 Å². The third kappa shape index (κ3) is 2.78. The number of aliphatic hydroxyl groups excluding tert-OH is 2. The van der Waals surface area contributed by atoms with E-state index in [0.29, 0.717) is 0 Å². The van der Waals surface area contributed by atoms with Gasteiger partial charge in [-0.15, -0.1) is 0 Å². The maximum atomic E-state index is 9.84. The van der Waals surface area contributed by atoms with Crippen LogP contribution in [0.2, 0.25) is 0 Å². The fourth-order valence-corrected chi connectivity index (χ4v) is 0.347. The van der Waals surface area contributed by atoms with Crippen LogP contribution in [0, 0.1) is 0 Å². The molecule has 0 spiro atoms. The molecule has 0 saturated carbocycles. The van der Waals surface area contributed by atoms with Crippen molar-refractivity contribution in [2.24, 2.45) is 0 Å². The summed E-state index contributed by atoms with van der Waals surface area (Å²) in [5, 5.41) is 49.2. The summed E-state index contributed by atoms with van der Waals surface area (Å²) in [5.74, 6) is -5.49. The van der Waals surface area contributed by atoms with Gasteiger partial charge < -0.3 is 30.6 Å². The molecule has 11 heavy (non-hydrogen) atoms. The number of aliphatic carboxylic acids is 1. The van der Waals surface area contributed by atoms with Crippen LogP contribution in [0.5, 0.6) is 0 Å². The highest BCUT2D eigenvalue weighted by atomic mass is 16.7. The van der Waals surface area contributed by atoms with Gasteiger partial charge in [-0.3, -0.25) is 0 Å². The zero-order chi connectivity index (χ0) is 9.23. The molecule has 66 valence electrons. The van der Waals surface area contributed by atoms with Gasteiger partial charge in [0.05, 0.1) is 0 Å². The van der Waals surface area contributed by atoms with Crippen LogP contribution in [0.25, 0.3) is 0 Å². The summed E-state index contributed by atoms with van der Waals surface area (Å²) in [4.78, 5) is 9.84. The Hall–Kier alpha value is -0.730. The van der Waals surface area contributed by atoms with Crippen molar-refractivity contribution in [3.8, 4) is 0 Å². The number of carboxylic acid groups (broad SMARTS) is 1. The largest absolute Gasteiger partial charge is 0.479 e. The molecular formula is C4H8O7. The Morgan fingerprint density at radius 3 is 1.64 bits per heavy atom. The second kappa shape index (κ2) is 3.11. The summed E-state index contributed by atoms with van der Waals surface area (Å²) in [6.07, 6.45) is -5.02. The zero-order valence-electron chi connectivity index (χ0n) is 5.25. The number of rotatable bonds is 3. The van der Waals surface area contributed by atoms with Crippen molar-refractivity contribution >= 4 is 5.97 Å². The van der Waals surface area contributed by atoms with E-state index in [0.717, 1.165) is 0 Å².